The van der Waals surface area contributed by atoms with Crippen molar-refractivity contribution in [1.82, 2.24) is 4.98 Å². The van der Waals surface area contributed by atoms with Crippen LogP contribution in [0, 0.1) is 10.1 Å². The number of ether oxygens (including phenoxy) is 1. The molecule has 0 bridgehead atoms. The minimum Gasteiger partial charge on any atom is -0.481 e. The molecule has 0 saturated heterocycles. The van der Waals surface area contributed by atoms with E-state index in [1.54, 1.807) is 12.3 Å². The Kier molecular flexibility index (Phi) is 4.45. The van der Waals surface area contributed by atoms with Gasteiger partial charge in [-0.15, -0.1) is 0 Å². The molecule has 1 aromatic carbocycles. The van der Waals surface area contributed by atoms with Crippen LogP contribution in [0.25, 0.3) is 0 Å². The number of hydrogen-bond donors (Lipinski definition) is 1. The molecule has 2 rings (SSSR count). The summed E-state index contributed by atoms with van der Waals surface area (Å²) in [4.78, 5) is 25.2. The maximum atomic E-state index is 11.0. The zero-order valence-corrected chi connectivity index (χ0v) is 11.3. The largest absolute Gasteiger partial charge is 0.481 e. The first-order chi connectivity index (χ1) is 10.2. The van der Waals surface area contributed by atoms with Crippen molar-refractivity contribution in [2.45, 2.75) is 6.54 Å². The van der Waals surface area contributed by atoms with Crippen LogP contribution < -0.4 is 10.1 Å². The van der Waals surface area contributed by atoms with Gasteiger partial charge >= 0.3 is 0 Å². The van der Waals surface area contributed by atoms with Crippen LogP contribution in [-0.2, 0) is 6.54 Å². The molecule has 7 nitrogen and oxygen atoms in total. The van der Waals surface area contributed by atoms with Crippen molar-refractivity contribution in [1.29, 1.82) is 0 Å². The van der Waals surface area contributed by atoms with Gasteiger partial charge < -0.3 is 10.1 Å². The summed E-state index contributed by atoms with van der Waals surface area (Å²) in [5, 5.41) is 14.0. The van der Waals surface area contributed by atoms with Gasteiger partial charge in [0, 0.05) is 29.9 Å². The van der Waals surface area contributed by atoms with E-state index in [0.717, 1.165) is 5.56 Å². The highest BCUT2D eigenvalue weighted by Gasteiger charge is 2.15. The summed E-state index contributed by atoms with van der Waals surface area (Å²) in [5.74, 6) is 0.456. The highest BCUT2D eigenvalue weighted by molar-refractivity contribution is 5.79. The normalized spacial score (nSPS) is 9.95. The van der Waals surface area contributed by atoms with Crippen molar-refractivity contribution >= 4 is 17.7 Å². The lowest BCUT2D eigenvalue weighted by atomic mass is 10.2. The SMILES string of the molecule is COc1ncccc1CNc1ccc(C=O)cc1[N+](=O)[O-]. The molecular formula is C14H13N3O4. The molecule has 21 heavy (non-hydrogen) atoms. The number of hydrogen-bond acceptors (Lipinski definition) is 6. The Labute approximate surface area is 120 Å². The maximum absolute atomic E-state index is 11.0. The van der Waals surface area contributed by atoms with Crippen LogP contribution >= 0.6 is 0 Å². The standard InChI is InChI=1S/C14H13N3O4/c1-21-14-11(3-2-6-15-14)8-16-12-5-4-10(9-18)7-13(12)17(19)20/h2-7,9,16H,8H2,1H3. The maximum Gasteiger partial charge on any atom is 0.293 e. The van der Waals surface area contributed by atoms with Gasteiger partial charge in [-0.1, -0.05) is 6.07 Å². The van der Waals surface area contributed by atoms with E-state index in [0.29, 0.717) is 24.4 Å². The first-order valence-corrected chi connectivity index (χ1v) is 6.11. The third kappa shape index (κ3) is 3.33. The molecule has 0 unspecified atom stereocenters. The number of nitrogens with one attached hydrogen (secondary N) is 1. The number of benzene rings is 1. The van der Waals surface area contributed by atoms with Crippen molar-refractivity contribution in [2.75, 3.05) is 12.4 Å². The highest BCUT2D eigenvalue weighted by atomic mass is 16.6. The van der Waals surface area contributed by atoms with Crippen molar-refractivity contribution in [3.05, 3.63) is 57.8 Å². The Morgan fingerprint density at radius 2 is 2.24 bits per heavy atom. The van der Waals surface area contributed by atoms with E-state index in [4.69, 9.17) is 4.74 Å². The van der Waals surface area contributed by atoms with E-state index in [-0.39, 0.29) is 11.3 Å². The van der Waals surface area contributed by atoms with Gasteiger partial charge in [0.05, 0.1) is 12.0 Å². The number of aldehydes is 1. The molecule has 0 aliphatic heterocycles. The monoisotopic (exact) mass is 287 g/mol. The van der Waals surface area contributed by atoms with Crippen molar-refractivity contribution in [3.63, 3.8) is 0 Å². The molecule has 0 amide bonds. The summed E-state index contributed by atoms with van der Waals surface area (Å²) >= 11 is 0. The van der Waals surface area contributed by atoms with Crippen LogP contribution in [0.1, 0.15) is 15.9 Å². The van der Waals surface area contributed by atoms with Gasteiger partial charge in [0.2, 0.25) is 5.88 Å². The fourth-order valence-electron chi connectivity index (χ4n) is 1.86. The molecule has 0 saturated carbocycles. The third-order valence-electron chi connectivity index (χ3n) is 2.87. The van der Waals surface area contributed by atoms with Crippen LogP contribution in [-0.4, -0.2) is 23.3 Å². The fourth-order valence-corrected chi connectivity index (χ4v) is 1.86. The average molecular weight is 287 g/mol. The zero-order valence-electron chi connectivity index (χ0n) is 11.3. The molecular weight excluding hydrogens is 274 g/mol. The van der Waals surface area contributed by atoms with Gasteiger partial charge in [-0.3, -0.25) is 14.9 Å². The van der Waals surface area contributed by atoms with E-state index in [1.165, 1.54) is 25.3 Å². The topological polar surface area (TPSA) is 94.4 Å². The van der Waals surface area contributed by atoms with E-state index in [2.05, 4.69) is 10.3 Å². The van der Waals surface area contributed by atoms with Crippen LogP contribution in [0.4, 0.5) is 11.4 Å². The Bertz CT molecular complexity index is 673. The smallest absolute Gasteiger partial charge is 0.293 e. The van der Waals surface area contributed by atoms with Crippen LogP contribution in [0.5, 0.6) is 5.88 Å². The summed E-state index contributed by atoms with van der Waals surface area (Å²) in [6, 6.07) is 7.82. The third-order valence-corrected chi connectivity index (χ3v) is 2.87. The van der Waals surface area contributed by atoms with Crippen LogP contribution in [0.2, 0.25) is 0 Å². The fraction of sp³-hybridized carbons (Fsp3) is 0.143. The molecule has 0 aliphatic rings. The number of rotatable bonds is 6. The molecule has 0 fully saturated rings. The number of nitro groups is 1. The number of aromatic nitrogens is 1. The number of carbonyl (C=O) groups excluding carboxylic acids is 1. The summed E-state index contributed by atoms with van der Waals surface area (Å²) in [6.07, 6.45) is 2.17. The van der Waals surface area contributed by atoms with Gasteiger partial charge in [0.1, 0.15) is 12.0 Å². The molecule has 7 heteroatoms. The first kappa shape index (κ1) is 14.4. The van der Waals surface area contributed by atoms with Gasteiger partial charge in [-0.2, -0.15) is 0 Å². The Morgan fingerprint density at radius 3 is 2.90 bits per heavy atom. The predicted octanol–water partition coefficient (Wildman–Crippen LogP) is 2.42. The van der Waals surface area contributed by atoms with E-state index >= 15 is 0 Å². The minimum absolute atomic E-state index is 0.151. The number of nitro benzene ring substituents is 1. The molecule has 1 N–H and O–H groups in total. The number of carbonyl (C=O) groups is 1. The molecule has 0 aliphatic carbocycles. The lowest BCUT2D eigenvalue weighted by molar-refractivity contribution is -0.384. The Morgan fingerprint density at radius 1 is 1.43 bits per heavy atom. The lowest BCUT2D eigenvalue weighted by Gasteiger charge is -2.10. The molecule has 0 spiro atoms. The van der Waals surface area contributed by atoms with Gasteiger partial charge in [-0.25, -0.2) is 4.98 Å². The van der Waals surface area contributed by atoms with Crippen LogP contribution in [0.15, 0.2) is 36.5 Å². The number of pyridine rings is 1. The van der Waals surface area contributed by atoms with E-state index in [1.807, 2.05) is 6.07 Å². The van der Waals surface area contributed by atoms with Crippen LogP contribution in [0.3, 0.4) is 0 Å². The summed E-state index contributed by atoms with van der Waals surface area (Å²) in [7, 11) is 1.51. The highest BCUT2D eigenvalue weighted by Crippen LogP contribution is 2.26. The van der Waals surface area contributed by atoms with Gasteiger partial charge in [0.25, 0.3) is 5.69 Å². The molecule has 1 heterocycles. The molecule has 2 aromatic rings. The lowest BCUT2D eigenvalue weighted by Crippen LogP contribution is -2.05. The quantitative estimate of drug-likeness (QED) is 0.498. The van der Waals surface area contributed by atoms with Crippen molar-refractivity contribution in [3.8, 4) is 5.88 Å². The van der Waals surface area contributed by atoms with E-state index in [9.17, 15) is 14.9 Å². The summed E-state index contributed by atoms with van der Waals surface area (Å²) in [5.41, 5.74) is 1.21. The number of methoxy groups -OCH3 is 1. The Balaban J connectivity index is 2.23. The first-order valence-electron chi connectivity index (χ1n) is 6.11. The second-order valence-corrected chi connectivity index (χ2v) is 4.18. The molecule has 108 valence electrons. The van der Waals surface area contributed by atoms with Crippen molar-refractivity contribution < 1.29 is 14.5 Å². The Hall–Kier alpha value is -2.96. The predicted molar refractivity (Wildman–Crippen MR) is 76.6 cm³/mol. The van der Waals surface area contributed by atoms with Gasteiger partial charge in [-0.05, 0) is 18.2 Å². The summed E-state index contributed by atoms with van der Waals surface area (Å²) in [6.45, 7) is 0.318. The average Bonchev–Trinajstić information content (AvgIpc) is 2.52. The molecule has 0 radical (unpaired) electrons. The second-order valence-electron chi connectivity index (χ2n) is 4.18. The number of nitrogens with zero attached hydrogens (tertiary/aromatic N) is 2. The molecule has 0 atom stereocenters. The second kappa shape index (κ2) is 6.47. The summed E-state index contributed by atoms with van der Waals surface area (Å²) < 4.78 is 5.12. The van der Waals surface area contributed by atoms with E-state index < -0.39 is 4.92 Å². The minimum atomic E-state index is -0.532. The zero-order chi connectivity index (χ0) is 15.2. The van der Waals surface area contributed by atoms with Gasteiger partial charge in [0.15, 0.2) is 0 Å². The van der Waals surface area contributed by atoms with Crippen molar-refractivity contribution in [2.24, 2.45) is 0 Å². The molecule has 1 aromatic heterocycles. The number of anilines is 1.